The Labute approximate surface area is 112 Å². The fraction of sp³-hybridized carbons (Fsp3) is 0.500. The summed E-state index contributed by atoms with van der Waals surface area (Å²) in [5.41, 5.74) is 0.826. The lowest BCUT2D eigenvalue weighted by molar-refractivity contribution is -0.134. The zero-order valence-electron chi connectivity index (χ0n) is 11.4. The molecular weight excluding hydrogens is 247 g/mol. The number of ether oxygens (including phenoxy) is 1. The standard InChI is InChI=1S/C14H19FN2O2/c1-11-3-4-12(15)9-13(11)19-10-14(18)17-7-5-16(2)6-8-17/h3-4,9H,5-8,10H2,1-2H3. The molecule has 0 unspecified atom stereocenters. The van der Waals surface area contributed by atoms with E-state index in [0.717, 1.165) is 31.7 Å². The van der Waals surface area contributed by atoms with Crippen molar-refractivity contribution >= 4 is 5.91 Å². The van der Waals surface area contributed by atoms with Crippen LogP contribution in [0, 0.1) is 12.7 Å². The molecule has 1 fully saturated rings. The molecule has 104 valence electrons. The second-order valence-corrected chi connectivity index (χ2v) is 4.88. The molecule has 1 aromatic rings. The molecule has 0 bridgehead atoms. The lowest BCUT2D eigenvalue weighted by Crippen LogP contribution is -2.48. The number of hydrogen-bond acceptors (Lipinski definition) is 3. The normalized spacial score (nSPS) is 16.5. The Balaban J connectivity index is 1.88. The van der Waals surface area contributed by atoms with E-state index in [9.17, 15) is 9.18 Å². The topological polar surface area (TPSA) is 32.8 Å². The first-order valence-corrected chi connectivity index (χ1v) is 6.41. The number of carbonyl (C=O) groups is 1. The van der Waals surface area contributed by atoms with E-state index in [2.05, 4.69) is 4.90 Å². The van der Waals surface area contributed by atoms with Gasteiger partial charge < -0.3 is 14.5 Å². The lowest BCUT2D eigenvalue weighted by Gasteiger charge is -2.32. The maximum atomic E-state index is 13.1. The summed E-state index contributed by atoms with van der Waals surface area (Å²) in [6.07, 6.45) is 0. The SMILES string of the molecule is Cc1ccc(F)cc1OCC(=O)N1CCN(C)CC1. The summed E-state index contributed by atoms with van der Waals surface area (Å²) in [4.78, 5) is 15.9. The van der Waals surface area contributed by atoms with Crippen LogP contribution in [0.15, 0.2) is 18.2 Å². The minimum absolute atomic E-state index is 0.0337. The number of nitrogens with zero attached hydrogens (tertiary/aromatic N) is 2. The third-order valence-electron chi connectivity index (χ3n) is 3.36. The van der Waals surface area contributed by atoms with Crippen LogP contribution >= 0.6 is 0 Å². The Morgan fingerprint density at radius 2 is 2.00 bits per heavy atom. The quantitative estimate of drug-likeness (QED) is 0.826. The largest absolute Gasteiger partial charge is 0.483 e. The first-order chi connectivity index (χ1) is 9.06. The fourth-order valence-electron chi connectivity index (χ4n) is 2.02. The van der Waals surface area contributed by atoms with Crippen molar-refractivity contribution in [1.29, 1.82) is 0 Å². The van der Waals surface area contributed by atoms with Crippen molar-refractivity contribution < 1.29 is 13.9 Å². The van der Waals surface area contributed by atoms with Crippen LogP contribution in [0.2, 0.25) is 0 Å². The molecule has 0 N–H and O–H groups in total. The van der Waals surface area contributed by atoms with E-state index in [1.165, 1.54) is 12.1 Å². The molecular formula is C14H19FN2O2. The molecule has 0 spiro atoms. The molecule has 1 aromatic carbocycles. The molecule has 0 radical (unpaired) electrons. The van der Waals surface area contributed by atoms with Crippen LogP contribution in [0.3, 0.4) is 0 Å². The molecule has 1 saturated heterocycles. The maximum absolute atomic E-state index is 13.1. The average molecular weight is 266 g/mol. The Morgan fingerprint density at radius 1 is 1.32 bits per heavy atom. The highest BCUT2D eigenvalue weighted by atomic mass is 19.1. The second-order valence-electron chi connectivity index (χ2n) is 4.88. The Hall–Kier alpha value is -1.62. The molecule has 0 saturated carbocycles. The van der Waals surface area contributed by atoms with Crippen molar-refractivity contribution in [3.05, 3.63) is 29.6 Å². The minimum atomic E-state index is -0.354. The summed E-state index contributed by atoms with van der Waals surface area (Å²) in [5.74, 6) is 0.0342. The molecule has 0 atom stereocenters. The van der Waals surface area contributed by atoms with Crippen molar-refractivity contribution in [1.82, 2.24) is 9.80 Å². The summed E-state index contributed by atoms with van der Waals surface area (Å²) < 4.78 is 18.5. The van der Waals surface area contributed by atoms with Crippen LogP contribution in [0.4, 0.5) is 4.39 Å². The van der Waals surface area contributed by atoms with Crippen molar-refractivity contribution in [3.8, 4) is 5.75 Å². The van der Waals surface area contributed by atoms with Crippen LogP contribution in [0.5, 0.6) is 5.75 Å². The fourth-order valence-corrected chi connectivity index (χ4v) is 2.02. The van der Waals surface area contributed by atoms with Crippen molar-refractivity contribution in [2.24, 2.45) is 0 Å². The highest BCUT2D eigenvalue weighted by molar-refractivity contribution is 5.77. The van der Waals surface area contributed by atoms with E-state index in [1.807, 2.05) is 14.0 Å². The van der Waals surface area contributed by atoms with E-state index in [-0.39, 0.29) is 18.3 Å². The van der Waals surface area contributed by atoms with Gasteiger partial charge >= 0.3 is 0 Å². The van der Waals surface area contributed by atoms with E-state index in [1.54, 1.807) is 11.0 Å². The van der Waals surface area contributed by atoms with Gasteiger partial charge in [0.05, 0.1) is 0 Å². The van der Waals surface area contributed by atoms with Gasteiger partial charge in [-0.05, 0) is 25.6 Å². The monoisotopic (exact) mass is 266 g/mol. The van der Waals surface area contributed by atoms with Crippen LogP contribution in [-0.4, -0.2) is 55.5 Å². The van der Waals surface area contributed by atoms with Crippen LogP contribution in [-0.2, 0) is 4.79 Å². The van der Waals surface area contributed by atoms with E-state index in [4.69, 9.17) is 4.74 Å². The van der Waals surface area contributed by atoms with Crippen LogP contribution in [0.1, 0.15) is 5.56 Å². The number of carbonyl (C=O) groups excluding carboxylic acids is 1. The second kappa shape index (κ2) is 6.02. The average Bonchev–Trinajstić information content (AvgIpc) is 2.40. The van der Waals surface area contributed by atoms with Gasteiger partial charge in [0.1, 0.15) is 11.6 Å². The Kier molecular flexibility index (Phi) is 4.37. The van der Waals surface area contributed by atoms with Gasteiger partial charge in [-0.25, -0.2) is 4.39 Å². The van der Waals surface area contributed by atoms with E-state index < -0.39 is 0 Å². The lowest BCUT2D eigenvalue weighted by atomic mass is 10.2. The molecule has 1 amide bonds. The molecule has 0 aromatic heterocycles. The number of benzene rings is 1. The number of hydrogen-bond donors (Lipinski definition) is 0. The first kappa shape index (κ1) is 13.8. The van der Waals surface area contributed by atoms with Crippen LogP contribution < -0.4 is 4.74 Å². The van der Waals surface area contributed by atoms with Crippen molar-refractivity contribution in [2.75, 3.05) is 39.8 Å². The zero-order valence-corrected chi connectivity index (χ0v) is 11.4. The molecule has 4 nitrogen and oxygen atoms in total. The van der Waals surface area contributed by atoms with Crippen molar-refractivity contribution in [2.45, 2.75) is 6.92 Å². The van der Waals surface area contributed by atoms with Gasteiger partial charge in [-0.3, -0.25) is 4.79 Å². The highest BCUT2D eigenvalue weighted by Gasteiger charge is 2.19. The number of likely N-dealkylation sites (N-methyl/N-ethyl adjacent to an activating group) is 1. The highest BCUT2D eigenvalue weighted by Crippen LogP contribution is 2.18. The molecule has 0 aliphatic carbocycles. The third kappa shape index (κ3) is 3.67. The first-order valence-electron chi connectivity index (χ1n) is 6.41. The molecule has 19 heavy (non-hydrogen) atoms. The predicted molar refractivity (Wildman–Crippen MR) is 70.7 cm³/mol. The summed E-state index contributed by atoms with van der Waals surface area (Å²) in [6.45, 7) is 5.00. The number of aryl methyl sites for hydroxylation is 1. The zero-order chi connectivity index (χ0) is 13.8. The van der Waals surface area contributed by atoms with Gasteiger partial charge in [0.15, 0.2) is 6.61 Å². The summed E-state index contributed by atoms with van der Waals surface area (Å²) in [6, 6.07) is 4.34. The van der Waals surface area contributed by atoms with Crippen LogP contribution in [0.25, 0.3) is 0 Å². The third-order valence-corrected chi connectivity index (χ3v) is 3.36. The Morgan fingerprint density at radius 3 is 2.68 bits per heavy atom. The van der Waals surface area contributed by atoms with Crippen molar-refractivity contribution in [3.63, 3.8) is 0 Å². The van der Waals surface area contributed by atoms with Gasteiger partial charge in [-0.1, -0.05) is 6.07 Å². The molecule has 5 heteroatoms. The number of rotatable bonds is 3. The number of amides is 1. The molecule has 1 aliphatic rings. The Bertz CT molecular complexity index is 457. The molecule has 1 heterocycles. The van der Waals surface area contributed by atoms with Gasteiger partial charge in [0, 0.05) is 32.2 Å². The van der Waals surface area contributed by atoms with E-state index >= 15 is 0 Å². The maximum Gasteiger partial charge on any atom is 0.260 e. The minimum Gasteiger partial charge on any atom is -0.483 e. The molecule has 2 rings (SSSR count). The summed E-state index contributed by atoms with van der Waals surface area (Å²) in [5, 5.41) is 0. The van der Waals surface area contributed by atoms with Gasteiger partial charge in [-0.2, -0.15) is 0 Å². The number of piperazine rings is 1. The summed E-state index contributed by atoms with van der Waals surface area (Å²) in [7, 11) is 2.04. The summed E-state index contributed by atoms with van der Waals surface area (Å²) >= 11 is 0. The smallest absolute Gasteiger partial charge is 0.260 e. The van der Waals surface area contributed by atoms with E-state index in [0.29, 0.717) is 5.75 Å². The van der Waals surface area contributed by atoms with Gasteiger partial charge in [-0.15, -0.1) is 0 Å². The number of halogens is 1. The van der Waals surface area contributed by atoms with Gasteiger partial charge in [0.2, 0.25) is 0 Å². The van der Waals surface area contributed by atoms with Gasteiger partial charge in [0.25, 0.3) is 5.91 Å². The predicted octanol–water partition coefficient (Wildman–Crippen LogP) is 1.29. The molecule has 1 aliphatic heterocycles.